The van der Waals surface area contributed by atoms with E-state index in [1.165, 1.54) is 0 Å². The number of carbonyl (C=O) groups is 1. The van der Waals surface area contributed by atoms with Gasteiger partial charge in [0.2, 0.25) is 7.41 Å². The smallest absolute Gasteiger partial charge is 0.313 e. The van der Waals surface area contributed by atoms with Gasteiger partial charge in [0, 0.05) is 0 Å². The van der Waals surface area contributed by atoms with E-state index in [1.54, 1.807) is 0 Å². The maximum absolute atomic E-state index is 10.0. The first-order valence-corrected chi connectivity index (χ1v) is 2.87. The monoisotopic (exact) mass is 130 g/mol. The number of hydrogen-bond acceptors (Lipinski definition) is 3. The van der Waals surface area contributed by atoms with Crippen molar-refractivity contribution in [2.24, 2.45) is 5.73 Å². The molecule has 0 aromatic carbocycles. The van der Waals surface area contributed by atoms with Crippen molar-refractivity contribution in [2.45, 2.75) is 12.9 Å². The van der Waals surface area contributed by atoms with Crippen LogP contribution < -0.4 is 11.0 Å². The Morgan fingerprint density at radius 1 is 2.00 bits per heavy atom. The summed E-state index contributed by atoms with van der Waals surface area (Å²) >= 11 is 0. The predicted octanol–water partition coefficient (Wildman–Crippen LogP) is -1.68. The summed E-state index contributed by atoms with van der Waals surface area (Å²) in [6, 6.07) is 0. The second-order valence-corrected chi connectivity index (χ2v) is 1.75. The van der Waals surface area contributed by atoms with E-state index in [0.717, 1.165) is 6.54 Å². The highest BCUT2D eigenvalue weighted by Gasteiger charge is 2.10. The van der Waals surface area contributed by atoms with Crippen LogP contribution in [0.4, 0.5) is 0 Å². The van der Waals surface area contributed by atoms with Gasteiger partial charge >= 0.3 is 5.97 Å². The molecule has 0 heterocycles. The highest BCUT2D eigenvalue weighted by Crippen LogP contribution is 1.70. The molecule has 4 nitrogen and oxygen atoms in total. The zero-order valence-electron chi connectivity index (χ0n) is 5.42. The van der Waals surface area contributed by atoms with Gasteiger partial charge in [-0.2, -0.15) is 0 Å². The summed E-state index contributed by atoms with van der Waals surface area (Å²) < 4.78 is 0. The van der Waals surface area contributed by atoms with E-state index in [1.807, 2.05) is 6.92 Å². The molecule has 0 rings (SSSR count). The maximum Gasteiger partial charge on any atom is 0.313 e. The number of aliphatic carboxylic acids is 1. The number of hydrogen-bond donors (Lipinski definition) is 3. The van der Waals surface area contributed by atoms with Gasteiger partial charge in [0.25, 0.3) is 0 Å². The lowest BCUT2D eigenvalue weighted by Gasteiger charge is -2.02. The highest BCUT2D eigenvalue weighted by molar-refractivity contribution is 6.40. The van der Waals surface area contributed by atoms with Crippen LogP contribution in [0.15, 0.2) is 0 Å². The maximum atomic E-state index is 10.0. The lowest BCUT2D eigenvalue weighted by atomic mass is 9.83. The van der Waals surface area contributed by atoms with Crippen molar-refractivity contribution in [2.75, 3.05) is 6.54 Å². The Balaban J connectivity index is 3.27. The molecule has 0 aliphatic rings. The third-order valence-electron chi connectivity index (χ3n) is 0.931. The number of carboxylic acids is 1. The van der Waals surface area contributed by atoms with Gasteiger partial charge < -0.3 is 16.1 Å². The molecule has 0 radical (unpaired) electrons. The zero-order chi connectivity index (χ0) is 7.28. The van der Waals surface area contributed by atoms with E-state index in [9.17, 15) is 4.79 Å². The SMILES string of the molecule is CCNBC(N)C(=O)O. The Morgan fingerprint density at radius 3 is 2.89 bits per heavy atom. The summed E-state index contributed by atoms with van der Waals surface area (Å²) in [4.78, 5) is 10.0. The molecule has 0 fully saturated rings. The van der Waals surface area contributed by atoms with Crippen LogP contribution in [0.1, 0.15) is 6.92 Å². The molecule has 0 aromatic heterocycles. The highest BCUT2D eigenvalue weighted by atomic mass is 16.4. The second-order valence-electron chi connectivity index (χ2n) is 1.75. The normalized spacial score (nSPS) is 12.7. The van der Waals surface area contributed by atoms with Gasteiger partial charge in [-0.1, -0.05) is 6.92 Å². The molecule has 0 aliphatic carbocycles. The van der Waals surface area contributed by atoms with Crippen LogP contribution in [0, 0.1) is 0 Å². The standard InChI is InChI=1S/C4H11BN2O2/c1-2-7-5-3(6)4(8)9/h3,5,7H,2,6H2,1H3,(H,8,9). The van der Waals surface area contributed by atoms with E-state index in [0.29, 0.717) is 7.41 Å². The molecule has 0 amide bonds. The molecule has 5 heteroatoms. The molecule has 1 atom stereocenters. The van der Waals surface area contributed by atoms with Gasteiger partial charge in [-0.3, -0.25) is 4.79 Å². The lowest BCUT2D eigenvalue weighted by Crippen LogP contribution is -2.43. The fourth-order valence-corrected chi connectivity index (χ4v) is 0.387. The fourth-order valence-electron chi connectivity index (χ4n) is 0.387. The summed E-state index contributed by atoms with van der Waals surface area (Å²) in [6.45, 7) is 2.65. The van der Waals surface area contributed by atoms with E-state index >= 15 is 0 Å². The Labute approximate surface area is 54.7 Å². The Morgan fingerprint density at radius 2 is 2.56 bits per heavy atom. The van der Waals surface area contributed by atoms with Crippen molar-refractivity contribution in [3.05, 3.63) is 0 Å². The first-order valence-electron chi connectivity index (χ1n) is 2.87. The number of nitrogens with one attached hydrogen (secondary N) is 1. The Bertz CT molecular complexity index is 98.6. The Kier molecular flexibility index (Phi) is 4.08. The zero-order valence-corrected chi connectivity index (χ0v) is 5.42. The van der Waals surface area contributed by atoms with Crippen LogP contribution in [0.5, 0.6) is 0 Å². The summed E-state index contributed by atoms with van der Waals surface area (Å²) in [5, 5.41) is 11.1. The van der Waals surface area contributed by atoms with Crippen molar-refractivity contribution >= 4 is 13.4 Å². The van der Waals surface area contributed by atoms with Gasteiger partial charge in [0.15, 0.2) is 0 Å². The third-order valence-corrected chi connectivity index (χ3v) is 0.931. The number of nitrogens with two attached hydrogens (primary N) is 1. The van der Waals surface area contributed by atoms with E-state index in [4.69, 9.17) is 10.8 Å². The van der Waals surface area contributed by atoms with Gasteiger partial charge in [-0.05, 0) is 6.54 Å². The molecule has 0 saturated heterocycles. The minimum absolute atomic E-state index is 0.339. The van der Waals surface area contributed by atoms with Gasteiger partial charge in [-0.15, -0.1) is 0 Å². The van der Waals surface area contributed by atoms with Gasteiger partial charge in [-0.25, -0.2) is 0 Å². The molecule has 4 N–H and O–H groups in total. The molecule has 1 unspecified atom stereocenters. The van der Waals surface area contributed by atoms with Crippen molar-refractivity contribution in [1.29, 1.82) is 0 Å². The minimum atomic E-state index is -0.962. The average Bonchev–Trinajstić information content (AvgIpc) is 1.82. The van der Waals surface area contributed by atoms with Crippen LogP contribution in [-0.4, -0.2) is 31.0 Å². The fraction of sp³-hybridized carbons (Fsp3) is 0.750. The van der Waals surface area contributed by atoms with Crippen LogP contribution in [0.2, 0.25) is 0 Å². The molecule has 0 aromatic rings. The Hall–Kier alpha value is -0.545. The molecule has 0 spiro atoms. The molecule has 0 aliphatic heterocycles. The van der Waals surface area contributed by atoms with Crippen LogP contribution >= 0.6 is 0 Å². The molecule has 9 heavy (non-hydrogen) atoms. The lowest BCUT2D eigenvalue weighted by molar-refractivity contribution is -0.136. The number of carboxylic acid groups (broad SMARTS) is 1. The second kappa shape index (κ2) is 4.35. The summed E-state index contributed by atoms with van der Waals surface area (Å²) in [5.74, 6) is -1.74. The van der Waals surface area contributed by atoms with E-state index in [2.05, 4.69) is 5.23 Å². The first kappa shape index (κ1) is 8.45. The van der Waals surface area contributed by atoms with Crippen molar-refractivity contribution in [1.82, 2.24) is 5.23 Å². The van der Waals surface area contributed by atoms with E-state index < -0.39 is 11.9 Å². The summed E-state index contributed by atoms with van der Waals surface area (Å²) in [5.41, 5.74) is 5.14. The number of rotatable bonds is 4. The molecule has 0 saturated carbocycles. The van der Waals surface area contributed by atoms with Gasteiger partial charge in [0.1, 0.15) is 0 Å². The molecular formula is C4H11BN2O2. The third kappa shape index (κ3) is 3.99. The molecular weight excluding hydrogens is 119 g/mol. The minimum Gasteiger partial charge on any atom is -0.481 e. The van der Waals surface area contributed by atoms with Crippen molar-refractivity contribution in [3.63, 3.8) is 0 Å². The summed E-state index contributed by atoms with van der Waals surface area (Å²) in [7, 11) is 0.339. The van der Waals surface area contributed by atoms with Crippen molar-refractivity contribution < 1.29 is 9.90 Å². The van der Waals surface area contributed by atoms with Crippen LogP contribution in [0.3, 0.4) is 0 Å². The predicted molar refractivity (Wildman–Crippen MR) is 36.4 cm³/mol. The molecule has 0 bridgehead atoms. The van der Waals surface area contributed by atoms with Gasteiger partial charge in [0.05, 0.1) is 5.94 Å². The topological polar surface area (TPSA) is 75.3 Å². The largest absolute Gasteiger partial charge is 0.481 e. The van der Waals surface area contributed by atoms with E-state index in [-0.39, 0.29) is 0 Å². The van der Waals surface area contributed by atoms with Crippen molar-refractivity contribution in [3.8, 4) is 0 Å². The van der Waals surface area contributed by atoms with Crippen LogP contribution in [-0.2, 0) is 4.79 Å². The quantitative estimate of drug-likeness (QED) is 0.397. The first-order chi connectivity index (χ1) is 4.18. The summed E-state index contributed by atoms with van der Waals surface area (Å²) in [6.07, 6.45) is 0. The molecule has 52 valence electrons. The average molecular weight is 130 g/mol. The van der Waals surface area contributed by atoms with Crippen LogP contribution in [0.25, 0.3) is 0 Å².